The van der Waals surface area contributed by atoms with E-state index in [2.05, 4.69) is 10.1 Å². The zero-order valence-electron chi connectivity index (χ0n) is 21.0. The van der Waals surface area contributed by atoms with Gasteiger partial charge in [0.15, 0.2) is 0 Å². The zero-order chi connectivity index (χ0) is 26.6. The summed E-state index contributed by atoms with van der Waals surface area (Å²) < 4.78 is 30.8. The molecule has 0 bridgehead atoms. The average molecular weight is 549 g/mol. The third-order valence-corrected chi connectivity index (χ3v) is 9.06. The highest BCUT2D eigenvalue weighted by molar-refractivity contribution is 8.00. The van der Waals surface area contributed by atoms with Crippen LogP contribution in [0.3, 0.4) is 0 Å². The van der Waals surface area contributed by atoms with Crippen LogP contribution in [0.2, 0.25) is 0 Å². The monoisotopic (exact) mass is 548 g/mol. The summed E-state index contributed by atoms with van der Waals surface area (Å²) in [6.45, 7) is 5.35. The molecule has 4 rings (SSSR count). The van der Waals surface area contributed by atoms with Gasteiger partial charge in [0.2, 0.25) is 0 Å². The van der Waals surface area contributed by atoms with Crippen LogP contribution in [0, 0.1) is 0 Å². The molecule has 2 aliphatic rings. The van der Waals surface area contributed by atoms with E-state index in [9.17, 15) is 14.5 Å². The largest absolute Gasteiger partial charge is 0.462 e. The first-order valence-corrected chi connectivity index (χ1v) is 14.6. The predicted octanol–water partition coefficient (Wildman–Crippen LogP) is 3.61. The fourth-order valence-electron chi connectivity index (χ4n) is 3.94. The first-order chi connectivity index (χ1) is 17.6. The molecule has 200 valence electrons. The number of hydrogen-bond donors (Lipinski definition) is 3. The van der Waals surface area contributed by atoms with E-state index in [1.165, 1.54) is 18.7 Å². The number of aliphatic hydroxyl groups excluding tert-OH is 1. The van der Waals surface area contributed by atoms with Crippen molar-refractivity contribution in [1.82, 2.24) is 9.99 Å². The Balaban J connectivity index is 1.47. The summed E-state index contributed by atoms with van der Waals surface area (Å²) in [5, 5.41) is 14.9. The molecule has 0 spiro atoms. The standard InChI is InChI=1S/C25H33N4O6PS/c1-16(2)34-25(31)17(3)28-36(32,35-20-9-8-18-6-4-5-7-19(18)12-20)33-14-22-21(30)13-24(37-22)29-11-10-23(26)27-15-29/h4-12,16-17,21-22,24,30H,13-15H2,1-3H3,(H2,26,27)(H,28,32)/t17-,21+,22+,24+,36?/m0/s1. The summed E-state index contributed by atoms with van der Waals surface area (Å²) in [5.41, 5.74) is 5.70. The molecule has 2 aromatic rings. The van der Waals surface area contributed by atoms with E-state index in [1.807, 2.05) is 41.4 Å². The quantitative estimate of drug-likeness (QED) is 0.298. The molecule has 2 heterocycles. The van der Waals surface area contributed by atoms with Gasteiger partial charge in [-0.25, -0.2) is 9.56 Å². The maximum Gasteiger partial charge on any atom is 0.459 e. The Morgan fingerprint density at radius 2 is 2.03 bits per heavy atom. The molecule has 2 aliphatic heterocycles. The molecule has 2 aromatic carbocycles. The summed E-state index contributed by atoms with van der Waals surface area (Å²) >= 11 is 1.50. The van der Waals surface area contributed by atoms with Crippen molar-refractivity contribution in [3.8, 4) is 5.75 Å². The number of thioether (sulfide) groups is 1. The minimum Gasteiger partial charge on any atom is -0.462 e. The Morgan fingerprint density at radius 1 is 1.27 bits per heavy atom. The molecule has 0 aliphatic carbocycles. The van der Waals surface area contributed by atoms with Gasteiger partial charge >= 0.3 is 13.7 Å². The van der Waals surface area contributed by atoms with Crippen molar-refractivity contribution in [1.29, 1.82) is 0 Å². The molecule has 1 unspecified atom stereocenters. The molecule has 0 radical (unpaired) electrons. The van der Waals surface area contributed by atoms with Crippen LogP contribution in [-0.2, 0) is 18.6 Å². The first kappa shape index (κ1) is 27.5. The zero-order valence-corrected chi connectivity index (χ0v) is 22.7. The number of carbonyl (C=O) groups is 1. The number of amidine groups is 1. The summed E-state index contributed by atoms with van der Waals surface area (Å²) in [5.74, 6) is 0.209. The van der Waals surface area contributed by atoms with E-state index >= 15 is 0 Å². The van der Waals surface area contributed by atoms with Crippen LogP contribution in [0.1, 0.15) is 27.2 Å². The third kappa shape index (κ3) is 7.27. The minimum atomic E-state index is -4.05. The van der Waals surface area contributed by atoms with Gasteiger partial charge in [-0.3, -0.25) is 9.32 Å². The summed E-state index contributed by atoms with van der Waals surface area (Å²) in [6, 6.07) is 12.1. The molecule has 12 heteroatoms. The predicted molar refractivity (Wildman–Crippen MR) is 145 cm³/mol. The van der Waals surface area contributed by atoms with Crippen LogP contribution >= 0.6 is 19.5 Å². The van der Waals surface area contributed by atoms with Crippen LogP contribution in [-0.4, -0.2) is 64.0 Å². The molecular formula is C25H33N4O6PS. The molecule has 5 atom stereocenters. The van der Waals surface area contributed by atoms with Crippen LogP contribution in [0.4, 0.5) is 0 Å². The summed E-state index contributed by atoms with van der Waals surface area (Å²) in [4.78, 5) is 18.6. The molecule has 10 nitrogen and oxygen atoms in total. The first-order valence-electron chi connectivity index (χ1n) is 12.1. The van der Waals surface area contributed by atoms with E-state index in [0.717, 1.165) is 10.8 Å². The van der Waals surface area contributed by atoms with E-state index < -0.39 is 25.9 Å². The van der Waals surface area contributed by atoms with Crippen molar-refractivity contribution in [2.24, 2.45) is 10.7 Å². The number of aliphatic imine (C=N–C) groups is 1. The lowest BCUT2D eigenvalue weighted by Gasteiger charge is -2.27. The van der Waals surface area contributed by atoms with Gasteiger partial charge in [0.25, 0.3) is 0 Å². The Kier molecular flexibility index (Phi) is 8.82. The lowest BCUT2D eigenvalue weighted by Crippen LogP contribution is -2.37. The van der Waals surface area contributed by atoms with Crippen molar-refractivity contribution in [2.45, 2.75) is 56.1 Å². The van der Waals surface area contributed by atoms with Gasteiger partial charge in [-0.05, 0) is 49.8 Å². The van der Waals surface area contributed by atoms with Crippen molar-refractivity contribution in [3.05, 3.63) is 54.7 Å². The number of fused-ring (bicyclic) bond motifs is 1. The van der Waals surface area contributed by atoms with E-state index in [1.54, 1.807) is 32.1 Å². The highest BCUT2D eigenvalue weighted by atomic mass is 32.2. The number of hydrogen-bond acceptors (Lipinski definition) is 10. The van der Waals surface area contributed by atoms with Gasteiger partial charge in [0, 0.05) is 12.6 Å². The molecule has 1 fully saturated rings. The fraction of sp³-hybridized carbons (Fsp3) is 0.440. The Morgan fingerprint density at radius 3 is 2.73 bits per heavy atom. The number of nitrogens with zero attached hydrogens (tertiary/aromatic N) is 2. The second-order valence-corrected chi connectivity index (χ2v) is 12.3. The number of nitrogens with two attached hydrogens (primary N) is 1. The highest BCUT2D eigenvalue weighted by Crippen LogP contribution is 2.47. The maximum atomic E-state index is 13.9. The Hall–Kier alpha value is -2.56. The van der Waals surface area contributed by atoms with Crippen molar-refractivity contribution in [3.63, 3.8) is 0 Å². The number of aliphatic hydroxyl groups is 1. The number of rotatable bonds is 10. The van der Waals surface area contributed by atoms with Crippen molar-refractivity contribution >= 4 is 42.1 Å². The van der Waals surface area contributed by atoms with Gasteiger partial charge < -0.3 is 25.0 Å². The molecular weight excluding hydrogens is 515 g/mol. The van der Waals surface area contributed by atoms with Crippen LogP contribution in [0.25, 0.3) is 10.8 Å². The highest BCUT2D eigenvalue weighted by Gasteiger charge is 2.40. The number of benzene rings is 2. The topological polar surface area (TPSA) is 136 Å². The molecule has 1 saturated heterocycles. The average Bonchev–Trinajstić information content (AvgIpc) is 3.23. The molecule has 37 heavy (non-hydrogen) atoms. The van der Waals surface area contributed by atoms with Gasteiger partial charge in [0.1, 0.15) is 24.3 Å². The maximum absolute atomic E-state index is 13.9. The minimum absolute atomic E-state index is 0.0367. The second kappa shape index (κ2) is 11.9. The fourth-order valence-corrected chi connectivity index (χ4v) is 6.99. The van der Waals surface area contributed by atoms with Gasteiger partial charge in [-0.15, -0.1) is 11.8 Å². The van der Waals surface area contributed by atoms with Crippen LogP contribution < -0.4 is 15.3 Å². The van der Waals surface area contributed by atoms with Gasteiger partial charge in [-0.1, -0.05) is 30.3 Å². The van der Waals surface area contributed by atoms with Crippen molar-refractivity contribution < 1.29 is 28.3 Å². The lowest BCUT2D eigenvalue weighted by molar-refractivity contribution is -0.149. The Bertz CT molecular complexity index is 1220. The van der Waals surface area contributed by atoms with E-state index in [4.69, 9.17) is 19.5 Å². The normalized spacial score (nSPS) is 24.1. The van der Waals surface area contributed by atoms with Gasteiger partial charge in [-0.2, -0.15) is 5.09 Å². The van der Waals surface area contributed by atoms with Crippen LogP contribution in [0.5, 0.6) is 5.75 Å². The van der Waals surface area contributed by atoms with E-state index in [0.29, 0.717) is 24.7 Å². The molecule has 0 saturated carbocycles. The van der Waals surface area contributed by atoms with Crippen molar-refractivity contribution in [2.75, 3.05) is 13.3 Å². The summed E-state index contributed by atoms with van der Waals surface area (Å²) in [7, 11) is -4.05. The van der Waals surface area contributed by atoms with E-state index in [-0.39, 0.29) is 23.3 Å². The molecule has 0 amide bonds. The SMILES string of the molecule is CC(C)OC(=O)[C@H](C)NP(=O)(OC[C@H]1S[C@@H](N2C=CC(N)=NC2)C[C@H]1O)Oc1ccc2ccccc2c1. The third-order valence-electron chi connectivity index (χ3n) is 5.84. The number of nitrogens with one attached hydrogen (secondary N) is 1. The summed E-state index contributed by atoms with van der Waals surface area (Å²) in [6.07, 6.45) is 3.03. The molecule has 0 aromatic heterocycles. The number of ether oxygens (including phenoxy) is 1. The molecule has 4 N–H and O–H groups in total. The lowest BCUT2D eigenvalue weighted by atomic mass is 10.1. The number of esters is 1. The van der Waals surface area contributed by atoms with Gasteiger partial charge in [0.05, 0.1) is 29.4 Å². The number of carbonyl (C=O) groups excluding carboxylic acids is 1. The Labute approximate surface area is 220 Å². The smallest absolute Gasteiger partial charge is 0.459 e. The van der Waals surface area contributed by atoms with Crippen LogP contribution in [0.15, 0.2) is 59.7 Å². The second-order valence-electron chi connectivity index (χ2n) is 9.22.